The number of aryl methyl sites for hydroxylation is 1. The third-order valence-corrected chi connectivity index (χ3v) is 4.29. The Morgan fingerprint density at radius 3 is 2.73 bits per heavy atom. The van der Waals surface area contributed by atoms with Gasteiger partial charge in [-0.05, 0) is 55.8 Å². The molecule has 0 bridgehead atoms. The number of carbonyl (C=O) groups excluding carboxylic acids is 1. The van der Waals surface area contributed by atoms with Gasteiger partial charge in [0.15, 0.2) is 18.1 Å². The van der Waals surface area contributed by atoms with Crippen LogP contribution in [-0.2, 0) is 9.63 Å². The van der Waals surface area contributed by atoms with Gasteiger partial charge in [0, 0.05) is 15.7 Å². The number of nitrogens with one attached hydrogen (secondary N) is 1. The molecule has 0 spiro atoms. The summed E-state index contributed by atoms with van der Waals surface area (Å²) in [6, 6.07) is 11.0. The highest BCUT2D eigenvalue weighted by atomic mass is 79.9. The van der Waals surface area contributed by atoms with Gasteiger partial charge in [-0.1, -0.05) is 21.1 Å². The van der Waals surface area contributed by atoms with Crippen molar-refractivity contribution < 1.29 is 19.1 Å². The molecule has 2 aromatic rings. The summed E-state index contributed by atoms with van der Waals surface area (Å²) < 4.78 is 11.7. The molecule has 2 rings (SSSR count). The van der Waals surface area contributed by atoms with Crippen molar-refractivity contribution in [2.45, 2.75) is 13.8 Å². The average Bonchev–Trinajstić information content (AvgIpc) is 2.63. The van der Waals surface area contributed by atoms with Crippen LogP contribution in [0, 0.1) is 6.92 Å². The van der Waals surface area contributed by atoms with Gasteiger partial charge in [0.2, 0.25) is 0 Å². The topological polar surface area (TPSA) is 69.2 Å². The summed E-state index contributed by atoms with van der Waals surface area (Å²) >= 11 is 3.42. The average molecular weight is 421 g/mol. The number of oxime groups is 1. The second-order valence-corrected chi connectivity index (χ2v) is 6.22. The lowest BCUT2D eigenvalue weighted by atomic mass is 10.2. The van der Waals surface area contributed by atoms with E-state index in [9.17, 15) is 4.79 Å². The molecule has 0 fully saturated rings. The van der Waals surface area contributed by atoms with Crippen LogP contribution < -0.4 is 14.8 Å². The number of hydrogen-bond acceptors (Lipinski definition) is 5. The van der Waals surface area contributed by atoms with Crippen LogP contribution in [-0.4, -0.2) is 32.4 Å². The molecule has 0 saturated heterocycles. The number of nitrogens with zero attached hydrogens (tertiary/aromatic N) is 1. The summed E-state index contributed by atoms with van der Waals surface area (Å²) in [6.45, 7) is 4.23. The highest BCUT2D eigenvalue weighted by molar-refractivity contribution is 9.10. The van der Waals surface area contributed by atoms with E-state index >= 15 is 0 Å². The molecule has 0 atom stereocenters. The molecule has 138 valence electrons. The van der Waals surface area contributed by atoms with Crippen LogP contribution in [0.4, 0.5) is 5.69 Å². The zero-order chi connectivity index (χ0) is 18.9. The molecule has 0 aromatic heterocycles. The zero-order valence-electron chi connectivity index (χ0n) is 14.9. The first-order valence-corrected chi connectivity index (χ1v) is 8.85. The lowest BCUT2D eigenvalue weighted by Gasteiger charge is -2.09. The molecule has 1 N–H and O–H groups in total. The van der Waals surface area contributed by atoms with E-state index in [2.05, 4.69) is 26.4 Å². The van der Waals surface area contributed by atoms with Gasteiger partial charge in [-0.2, -0.15) is 0 Å². The number of methoxy groups -OCH3 is 1. The second kappa shape index (κ2) is 9.82. The summed E-state index contributed by atoms with van der Waals surface area (Å²) in [5, 5.41) is 6.57. The summed E-state index contributed by atoms with van der Waals surface area (Å²) in [7, 11) is 1.57. The van der Waals surface area contributed by atoms with Gasteiger partial charge in [0.05, 0.1) is 19.9 Å². The minimum atomic E-state index is -0.284. The Kier molecular flexibility index (Phi) is 7.47. The molecule has 0 aliphatic carbocycles. The van der Waals surface area contributed by atoms with Crippen molar-refractivity contribution in [3.05, 3.63) is 52.0 Å². The maximum atomic E-state index is 11.9. The highest BCUT2D eigenvalue weighted by Gasteiger charge is 2.05. The smallest absolute Gasteiger partial charge is 0.265 e. The standard InChI is InChI=1S/C19H21BrN2O4/c1-4-25-17-8-5-14(10-18(17)24-3)11-21-26-12-19(23)22-15-6-7-16(20)13(2)9-15/h5-11H,4,12H2,1-3H3,(H,22,23)/b21-11+. The largest absolute Gasteiger partial charge is 0.493 e. The lowest BCUT2D eigenvalue weighted by Crippen LogP contribution is -2.17. The van der Waals surface area contributed by atoms with Crippen LogP contribution in [0.15, 0.2) is 46.0 Å². The van der Waals surface area contributed by atoms with Gasteiger partial charge in [-0.25, -0.2) is 0 Å². The molecule has 6 nitrogen and oxygen atoms in total. The minimum Gasteiger partial charge on any atom is -0.493 e. The maximum absolute atomic E-state index is 11.9. The molecule has 0 aliphatic heterocycles. The lowest BCUT2D eigenvalue weighted by molar-refractivity contribution is -0.120. The Labute approximate surface area is 161 Å². The first kappa shape index (κ1) is 19.8. The van der Waals surface area contributed by atoms with Crippen LogP contribution in [0.3, 0.4) is 0 Å². The van der Waals surface area contributed by atoms with E-state index in [0.29, 0.717) is 23.8 Å². The Hall–Kier alpha value is -2.54. The molecule has 7 heteroatoms. The molecule has 0 heterocycles. The third-order valence-electron chi connectivity index (χ3n) is 3.40. The van der Waals surface area contributed by atoms with Crippen LogP contribution in [0.5, 0.6) is 11.5 Å². The Balaban J connectivity index is 1.86. The molecule has 1 amide bonds. The van der Waals surface area contributed by atoms with Gasteiger partial charge < -0.3 is 19.6 Å². The van der Waals surface area contributed by atoms with E-state index in [-0.39, 0.29) is 12.5 Å². The van der Waals surface area contributed by atoms with Crippen molar-refractivity contribution in [1.29, 1.82) is 0 Å². The Morgan fingerprint density at radius 1 is 1.23 bits per heavy atom. The molecule has 26 heavy (non-hydrogen) atoms. The summed E-state index contributed by atoms with van der Waals surface area (Å²) in [5.41, 5.74) is 2.51. The number of amides is 1. The fourth-order valence-electron chi connectivity index (χ4n) is 2.15. The van der Waals surface area contributed by atoms with Crippen molar-refractivity contribution in [3.8, 4) is 11.5 Å². The van der Waals surface area contributed by atoms with E-state index < -0.39 is 0 Å². The number of anilines is 1. The number of ether oxygens (including phenoxy) is 2. The quantitative estimate of drug-likeness (QED) is 0.514. The molecule has 0 radical (unpaired) electrons. The van der Waals surface area contributed by atoms with Crippen LogP contribution in [0.25, 0.3) is 0 Å². The summed E-state index contributed by atoms with van der Waals surface area (Å²) in [6.07, 6.45) is 1.51. The Bertz CT molecular complexity index is 793. The van der Waals surface area contributed by atoms with Gasteiger partial charge in [0.1, 0.15) is 0 Å². The highest BCUT2D eigenvalue weighted by Crippen LogP contribution is 2.27. The second-order valence-electron chi connectivity index (χ2n) is 5.36. The molecular formula is C19H21BrN2O4. The monoisotopic (exact) mass is 420 g/mol. The van der Waals surface area contributed by atoms with E-state index in [0.717, 1.165) is 15.6 Å². The number of carbonyl (C=O) groups is 1. The van der Waals surface area contributed by atoms with Gasteiger partial charge >= 0.3 is 0 Å². The zero-order valence-corrected chi connectivity index (χ0v) is 16.5. The van der Waals surface area contributed by atoms with E-state index in [1.807, 2.05) is 38.1 Å². The summed E-state index contributed by atoms with van der Waals surface area (Å²) in [4.78, 5) is 16.9. The van der Waals surface area contributed by atoms with Gasteiger partial charge in [-0.3, -0.25) is 4.79 Å². The minimum absolute atomic E-state index is 0.181. The fourth-order valence-corrected chi connectivity index (χ4v) is 2.40. The number of benzene rings is 2. The van der Waals surface area contributed by atoms with Crippen molar-refractivity contribution >= 4 is 33.7 Å². The summed E-state index contributed by atoms with van der Waals surface area (Å²) in [5.74, 6) is 0.990. The SMILES string of the molecule is CCOc1ccc(/C=N/OCC(=O)Nc2ccc(Br)c(C)c2)cc1OC. The van der Waals surface area contributed by atoms with Crippen LogP contribution in [0.2, 0.25) is 0 Å². The molecule has 0 aliphatic rings. The molecular weight excluding hydrogens is 400 g/mol. The normalized spacial score (nSPS) is 10.6. The van der Waals surface area contributed by atoms with E-state index in [1.54, 1.807) is 19.2 Å². The number of rotatable bonds is 8. The first-order chi connectivity index (χ1) is 12.5. The number of halogens is 1. The predicted octanol–water partition coefficient (Wildman–Crippen LogP) is 4.15. The van der Waals surface area contributed by atoms with Crippen molar-refractivity contribution in [3.63, 3.8) is 0 Å². The van der Waals surface area contributed by atoms with Crippen molar-refractivity contribution in [2.75, 3.05) is 25.6 Å². The third kappa shape index (κ3) is 5.77. The molecule has 2 aromatic carbocycles. The number of hydrogen-bond donors (Lipinski definition) is 1. The first-order valence-electron chi connectivity index (χ1n) is 8.05. The molecule has 0 saturated carbocycles. The van der Waals surface area contributed by atoms with Crippen molar-refractivity contribution in [1.82, 2.24) is 0 Å². The van der Waals surface area contributed by atoms with Gasteiger partial charge in [-0.15, -0.1) is 0 Å². The molecule has 0 unspecified atom stereocenters. The Morgan fingerprint density at radius 2 is 2.04 bits per heavy atom. The van der Waals surface area contributed by atoms with E-state index in [1.165, 1.54) is 6.21 Å². The van der Waals surface area contributed by atoms with E-state index in [4.69, 9.17) is 14.3 Å². The maximum Gasteiger partial charge on any atom is 0.265 e. The van der Waals surface area contributed by atoms with Crippen LogP contribution in [0.1, 0.15) is 18.1 Å². The van der Waals surface area contributed by atoms with Crippen molar-refractivity contribution in [2.24, 2.45) is 5.16 Å². The van der Waals surface area contributed by atoms with Crippen LogP contribution >= 0.6 is 15.9 Å². The fraction of sp³-hybridized carbons (Fsp3) is 0.263. The predicted molar refractivity (Wildman–Crippen MR) is 105 cm³/mol. The van der Waals surface area contributed by atoms with Gasteiger partial charge in [0.25, 0.3) is 5.91 Å².